The van der Waals surface area contributed by atoms with Crippen LogP contribution in [0.4, 0.5) is 5.69 Å². The third-order valence-corrected chi connectivity index (χ3v) is 2.84. The Morgan fingerprint density at radius 2 is 2.00 bits per heavy atom. The molecule has 0 radical (unpaired) electrons. The zero-order valence-electron chi connectivity index (χ0n) is 9.19. The summed E-state index contributed by atoms with van der Waals surface area (Å²) in [6.07, 6.45) is 1.15. The number of nitrogens with one attached hydrogen (secondary N) is 1. The van der Waals surface area contributed by atoms with Gasteiger partial charge in [0.05, 0.1) is 10.5 Å². The lowest BCUT2D eigenvalue weighted by Crippen LogP contribution is -2.21. The minimum atomic E-state index is -0.604. The Hall–Kier alpha value is -2.21. The second-order valence-electron chi connectivity index (χ2n) is 3.75. The van der Waals surface area contributed by atoms with Crippen molar-refractivity contribution in [3.05, 3.63) is 44.5 Å². The van der Waals surface area contributed by atoms with E-state index in [4.69, 9.17) is 11.6 Å². The first-order valence-electron chi connectivity index (χ1n) is 4.92. The third kappa shape index (κ3) is 1.98. The van der Waals surface area contributed by atoms with E-state index in [1.54, 1.807) is 6.92 Å². The van der Waals surface area contributed by atoms with Crippen molar-refractivity contribution in [1.29, 1.82) is 0 Å². The number of hydrogen-bond acceptors (Lipinski definition) is 4. The number of aryl methyl sites for hydroxylation is 1. The average Bonchev–Trinajstić information content (AvgIpc) is 2.60. The first-order valence-corrected chi connectivity index (χ1v) is 5.30. The molecule has 0 saturated carbocycles. The molecule has 6 nitrogen and oxygen atoms in total. The number of imide groups is 1. The van der Waals surface area contributed by atoms with Crippen LogP contribution in [0.1, 0.15) is 11.1 Å². The largest absolute Gasteiger partial charge is 0.289 e. The van der Waals surface area contributed by atoms with E-state index in [1.807, 2.05) is 0 Å². The molecule has 1 aliphatic rings. The lowest BCUT2D eigenvalue weighted by Gasteiger charge is -2.06. The van der Waals surface area contributed by atoms with Crippen LogP contribution in [0, 0.1) is 17.0 Å². The molecule has 1 aliphatic heterocycles. The van der Waals surface area contributed by atoms with Gasteiger partial charge in [0, 0.05) is 12.1 Å². The number of nitro benzene ring substituents is 1. The quantitative estimate of drug-likeness (QED) is 0.500. The minimum Gasteiger partial charge on any atom is -0.289 e. The molecule has 1 aromatic rings. The summed E-state index contributed by atoms with van der Waals surface area (Å²) < 4.78 is 0. The van der Waals surface area contributed by atoms with Gasteiger partial charge in [-0.1, -0.05) is 11.6 Å². The predicted octanol–water partition coefficient (Wildman–Crippen LogP) is 1.60. The average molecular weight is 267 g/mol. The van der Waals surface area contributed by atoms with Crippen LogP contribution in [0.2, 0.25) is 5.02 Å². The molecule has 7 heteroatoms. The van der Waals surface area contributed by atoms with Gasteiger partial charge >= 0.3 is 0 Å². The van der Waals surface area contributed by atoms with Crippen molar-refractivity contribution >= 4 is 34.7 Å². The van der Waals surface area contributed by atoms with Crippen LogP contribution in [-0.2, 0) is 9.59 Å². The topological polar surface area (TPSA) is 89.3 Å². The third-order valence-electron chi connectivity index (χ3n) is 2.54. The summed E-state index contributed by atoms with van der Waals surface area (Å²) in [5.74, 6) is -1.04. The molecule has 1 aromatic carbocycles. The van der Waals surface area contributed by atoms with Gasteiger partial charge in [-0.15, -0.1) is 0 Å². The molecule has 0 fully saturated rings. The summed E-state index contributed by atoms with van der Waals surface area (Å²) in [7, 11) is 0. The van der Waals surface area contributed by atoms with Gasteiger partial charge in [0.1, 0.15) is 5.02 Å². The number of hydrogen-bond donors (Lipinski definition) is 1. The van der Waals surface area contributed by atoms with Gasteiger partial charge in [0.15, 0.2) is 0 Å². The molecule has 0 atom stereocenters. The molecule has 0 aromatic heterocycles. The normalized spacial score (nSPS) is 14.4. The number of benzene rings is 1. The van der Waals surface area contributed by atoms with E-state index >= 15 is 0 Å². The SMILES string of the molecule is Cc1cc([N+](=O)[O-])c(Cl)cc1C1=CC(=O)NC1=O. The minimum absolute atomic E-state index is 0.0753. The van der Waals surface area contributed by atoms with Crippen LogP contribution in [0.5, 0.6) is 0 Å². The second-order valence-corrected chi connectivity index (χ2v) is 4.16. The fourth-order valence-corrected chi connectivity index (χ4v) is 1.94. The van der Waals surface area contributed by atoms with Crippen molar-refractivity contribution in [3.63, 3.8) is 0 Å². The van der Waals surface area contributed by atoms with Crippen molar-refractivity contribution in [2.24, 2.45) is 0 Å². The van der Waals surface area contributed by atoms with Crippen LogP contribution in [0.3, 0.4) is 0 Å². The second kappa shape index (κ2) is 4.23. The van der Waals surface area contributed by atoms with Crippen molar-refractivity contribution in [1.82, 2.24) is 5.32 Å². The van der Waals surface area contributed by atoms with E-state index in [0.29, 0.717) is 11.1 Å². The molecule has 0 saturated heterocycles. The molecule has 92 valence electrons. The molecule has 0 unspecified atom stereocenters. The Morgan fingerprint density at radius 3 is 2.50 bits per heavy atom. The maximum absolute atomic E-state index is 11.5. The summed E-state index contributed by atoms with van der Waals surface area (Å²) in [5.41, 5.74) is 0.841. The molecule has 1 N–H and O–H groups in total. The van der Waals surface area contributed by atoms with E-state index in [-0.39, 0.29) is 16.3 Å². The summed E-state index contributed by atoms with van der Waals surface area (Å²) in [4.78, 5) is 32.6. The highest BCUT2D eigenvalue weighted by Crippen LogP contribution is 2.32. The molecular weight excluding hydrogens is 260 g/mol. The summed E-state index contributed by atoms with van der Waals surface area (Å²) in [6, 6.07) is 2.59. The van der Waals surface area contributed by atoms with Gasteiger partial charge in [0.25, 0.3) is 17.5 Å². The zero-order valence-corrected chi connectivity index (χ0v) is 9.95. The molecule has 2 amide bonds. The fraction of sp³-hybridized carbons (Fsp3) is 0.0909. The number of halogens is 1. The molecular formula is C11H7ClN2O4. The lowest BCUT2D eigenvalue weighted by atomic mass is 10.00. The molecule has 18 heavy (non-hydrogen) atoms. The number of nitro groups is 1. The van der Waals surface area contributed by atoms with Gasteiger partial charge in [-0.05, 0) is 24.1 Å². The first-order chi connectivity index (χ1) is 8.40. The van der Waals surface area contributed by atoms with E-state index in [2.05, 4.69) is 5.32 Å². The van der Waals surface area contributed by atoms with Crippen LogP contribution < -0.4 is 5.32 Å². The van der Waals surface area contributed by atoms with Crippen LogP contribution in [-0.4, -0.2) is 16.7 Å². The van der Waals surface area contributed by atoms with Crippen molar-refractivity contribution < 1.29 is 14.5 Å². The number of carbonyl (C=O) groups excluding carboxylic acids is 2. The van der Waals surface area contributed by atoms with E-state index in [0.717, 1.165) is 6.08 Å². The van der Waals surface area contributed by atoms with Crippen molar-refractivity contribution in [2.45, 2.75) is 6.92 Å². The number of nitrogens with zero attached hydrogens (tertiary/aromatic N) is 1. The van der Waals surface area contributed by atoms with E-state index in [1.165, 1.54) is 12.1 Å². The van der Waals surface area contributed by atoms with Gasteiger partial charge in [-0.25, -0.2) is 0 Å². The number of carbonyl (C=O) groups is 2. The van der Waals surface area contributed by atoms with E-state index < -0.39 is 16.7 Å². The van der Waals surface area contributed by atoms with Crippen LogP contribution in [0.15, 0.2) is 18.2 Å². The monoisotopic (exact) mass is 266 g/mol. The highest BCUT2D eigenvalue weighted by molar-refractivity contribution is 6.35. The highest BCUT2D eigenvalue weighted by atomic mass is 35.5. The molecule has 1 heterocycles. The summed E-state index contributed by atoms with van der Waals surface area (Å²) in [5, 5.41) is 12.7. The predicted molar refractivity (Wildman–Crippen MR) is 64.0 cm³/mol. The Morgan fingerprint density at radius 1 is 1.33 bits per heavy atom. The van der Waals surface area contributed by atoms with Gasteiger partial charge < -0.3 is 0 Å². The Bertz CT molecular complexity index is 622. The molecule has 2 rings (SSSR count). The lowest BCUT2D eigenvalue weighted by molar-refractivity contribution is -0.384. The molecule has 0 bridgehead atoms. The summed E-state index contributed by atoms with van der Waals surface area (Å²) in [6.45, 7) is 1.61. The molecule has 0 aliphatic carbocycles. The number of rotatable bonds is 2. The van der Waals surface area contributed by atoms with Gasteiger partial charge in [-0.2, -0.15) is 0 Å². The van der Waals surface area contributed by atoms with Crippen LogP contribution in [0.25, 0.3) is 5.57 Å². The number of amides is 2. The van der Waals surface area contributed by atoms with Gasteiger partial charge in [0.2, 0.25) is 0 Å². The molecule has 0 spiro atoms. The zero-order chi connectivity index (χ0) is 13.4. The van der Waals surface area contributed by atoms with E-state index in [9.17, 15) is 19.7 Å². The standard InChI is InChI=1S/C11H7ClN2O4/c1-5-2-9(14(17)18)8(12)3-6(5)7-4-10(15)13-11(7)16/h2-4H,1H3,(H,13,15,16). The Balaban J connectivity index is 2.57. The Labute approximate surface area is 106 Å². The first kappa shape index (κ1) is 12.3. The Kier molecular flexibility index (Phi) is 2.88. The fourth-order valence-electron chi connectivity index (χ4n) is 1.71. The van der Waals surface area contributed by atoms with Crippen molar-refractivity contribution in [2.75, 3.05) is 0 Å². The maximum atomic E-state index is 11.5. The highest BCUT2D eigenvalue weighted by Gasteiger charge is 2.25. The van der Waals surface area contributed by atoms with Gasteiger partial charge in [-0.3, -0.25) is 25.0 Å². The van der Waals surface area contributed by atoms with Crippen molar-refractivity contribution in [3.8, 4) is 0 Å². The van der Waals surface area contributed by atoms with Crippen LogP contribution >= 0.6 is 11.6 Å². The maximum Gasteiger partial charge on any atom is 0.288 e. The summed E-state index contributed by atoms with van der Waals surface area (Å²) >= 11 is 5.77. The smallest absolute Gasteiger partial charge is 0.288 e.